The van der Waals surface area contributed by atoms with Crippen molar-refractivity contribution in [2.75, 3.05) is 20.1 Å². The Hall–Kier alpha value is -1.40. The van der Waals surface area contributed by atoms with Gasteiger partial charge in [0.05, 0.1) is 5.69 Å². The number of H-pyrrole nitrogens is 1. The summed E-state index contributed by atoms with van der Waals surface area (Å²) in [5.74, 6) is 0.313. The molecule has 3 aromatic rings. The number of pyridine rings is 1. The minimum absolute atomic E-state index is 0. The van der Waals surface area contributed by atoms with Crippen LogP contribution in [-0.2, 0) is 0 Å². The quantitative estimate of drug-likeness (QED) is 0.440. The normalized spacial score (nSPS) is 15.0. The molecule has 3 nitrogen and oxygen atoms in total. The molecule has 0 bridgehead atoms. The molecule has 2 aromatic heterocycles. The Morgan fingerprint density at radius 1 is 1.04 bits per heavy atom. The molecule has 0 saturated carbocycles. The first-order valence-electron chi connectivity index (χ1n) is 8.89. The number of likely N-dealkylation sites (tertiary alicyclic amines) is 1. The molecule has 0 unspecified atom stereocenters. The van der Waals surface area contributed by atoms with E-state index in [9.17, 15) is 4.39 Å². The molecule has 1 saturated heterocycles. The zero-order valence-electron chi connectivity index (χ0n) is 15.5. The van der Waals surface area contributed by atoms with Crippen LogP contribution in [0.2, 0.25) is 0 Å². The molecule has 0 spiro atoms. The van der Waals surface area contributed by atoms with E-state index in [2.05, 4.69) is 43.9 Å². The van der Waals surface area contributed by atoms with E-state index in [-0.39, 0.29) is 30.6 Å². The molecular formula is C21H23BrCl2FN3. The number of nitrogens with zero attached hydrogens (tertiary/aromatic N) is 2. The van der Waals surface area contributed by atoms with Crippen molar-refractivity contribution < 1.29 is 4.39 Å². The summed E-state index contributed by atoms with van der Waals surface area (Å²) < 4.78 is 14.2. The zero-order chi connectivity index (χ0) is 18.1. The lowest BCUT2D eigenvalue weighted by molar-refractivity contribution is 0.253. The van der Waals surface area contributed by atoms with Crippen molar-refractivity contribution in [1.82, 2.24) is 14.9 Å². The van der Waals surface area contributed by atoms with Crippen LogP contribution in [0.3, 0.4) is 0 Å². The second kappa shape index (κ2) is 9.88. The van der Waals surface area contributed by atoms with Gasteiger partial charge in [0.1, 0.15) is 10.4 Å². The number of piperidine rings is 1. The van der Waals surface area contributed by atoms with Gasteiger partial charge in [-0.15, -0.1) is 24.8 Å². The van der Waals surface area contributed by atoms with Gasteiger partial charge >= 0.3 is 0 Å². The average Bonchev–Trinajstić information content (AvgIpc) is 3.08. The van der Waals surface area contributed by atoms with Gasteiger partial charge in [0, 0.05) is 23.4 Å². The van der Waals surface area contributed by atoms with Gasteiger partial charge in [-0.2, -0.15) is 0 Å². The van der Waals surface area contributed by atoms with Crippen molar-refractivity contribution in [3.63, 3.8) is 0 Å². The number of benzene rings is 1. The van der Waals surface area contributed by atoms with Crippen LogP contribution in [0.25, 0.3) is 22.4 Å². The van der Waals surface area contributed by atoms with Crippen LogP contribution in [0.5, 0.6) is 0 Å². The lowest BCUT2D eigenvalue weighted by atomic mass is 9.93. The second-order valence-electron chi connectivity index (χ2n) is 6.97. The zero-order valence-corrected chi connectivity index (χ0v) is 18.7. The summed E-state index contributed by atoms with van der Waals surface area (Å²) in [6, 6.07) is 13.0. The third kappa shape index (κ3) is 4.95. The lowest BCUT2D eigenvalue weighted by Gasteiger charge is -2.28. The van der Waals surface area contributed by atoms with Gasteiger partial charge in [-0.1, -0.05) is 0 Å². The summed E-state index contributed by atoms with van der Waals surface area (Å²) in [5.41, 5.74) is 5.53. The minimum Gasteiger partial charge on any atom is -0.358 e. The molecule has 28 heavy (non-hydrogen) atoms. The molecule has 1 aliphatic heterocycles. The fourth-order valence-corrected chi connectivity index (χ4v) is 4.02. The molecule has 0 aliphatic carbocycles. The third-order valence-corrected chi connectivity index (χ3v) is 5.60. The van der Waals surface area contributed by atoms with Crippen LogP contribution in [0.1, 0.15) is 24.5 Å². The van der Waals surface area contributed by atoms with Gasteiger partial charge in [-0.3, -0.25) is 0 Å². The van der Waals surface area contributed by atoms with E-state index in [1.54, 1.807) is 6.20 Å². The van der Waals surface area contributed by atoms with Crippen LogP contribution in [-0.4, -0.2) is 35.0 Å². The summed E-state index contributed by atoms with van der Waals surface area (Å²) in [4.78, 5) is 10.3. The van der Waals surface area contributed by atoms with E-state index in [0.29, 0.717) is 5.92 Å². The molecule has 1 aromatic carbocycles. The Morgan fingerprint density at radius 3 is 2.36 bits per heavy atom. The van der Waals surface area contributed by atoms with Crippen LogP contribution < -0.4 is 0 Å². The highest BCUT2D eigenvalue weighted by atomic mass is 79.9. The number of aromatic nitrogens is 2. The molecule has 3 heterocycles. The Morgan fingerprint density at radius 2 is 1.71 bits per heavy atom. The van der Waals surface area contributed by atoms with Crippen LogP contribution in [0, 0.1) is 5.82 Å². The van der Waals surface area contributed by atoms with E-state index in [1.165, 1.54) is 17.8 Å². The molecule has 1 N–H and O–H groups in total. The van der Waals surface area contributed by atoms with E-state index in [1.807, 2.05) is 24.3 Å². The third-order valence-electron chi connectivity index (χ3n) is 5.17. The largest absolute Gasteiger partial charge is 0.358 e. The molecule has 4 rings (SSSR count). The Balaban J connectivity index is 0.00000140. The van der Waals surface area contributed by atoms with Crippen LogP contribution >= 0.6 is 40.7 Å². The number of rotatable bonds is 3. The van der Waals surface area contributed by atoms with E-state index in [4.69, 9.17) is 0 Å². The fourth-order valence-electron chi connectivity index (χ4n) is 3.66. The monoisotopic (exact) mass is 485 g/mol. The van der Waals surface area contributed by atoms with Crippen molar-refractivity contribution in [1.29, 1.82) is 0 Å². The summed E-state index contributed by atoms with van der Waals surface area (Å²) in [5, 5.41) is 0. The van der Waals surface area contributed by atoms with E-state index < -0.39 is 0 Å². The lowest BCUT2D eigenvalue weighted by Crippen LogP contribution is -2.29. The van der Waals surface area contributed by atoms with E-state index >= 15 is 0 Å². The van der Waals surface area contributed by atoms with Gasteiger partial charge in [0.25, 0.3) is 0 Å². The SMILES string of the molecule is CN1CCC(c2cc(-c3ccnc(Br)c3)c(-c3ccc(F)cc3)[nH]2)CC1.Cl.Cl. The molecular weight excluding hydrogens is 464 g/mol. The number of nitrogens with one attached hydrogen (secondary N) is 1. The highest BCUT2D eigenvalue weighted by Gasteiger charge is 2.22. The summed E-state index contributed by atoms with van der Waals surface area (Å²) in [6.45, 7) is 2.23. The van der Waals surface area contributed by atoms with Crippen LogP contribution in [0.4, 0.5) is 4.39 Å². The fraction of sp³-hybridized carbons (Fsp3) is 0.286. The molecule has 150 valence electrons. The molecule has 1 fully saturated rings. The highest BCUT2D eigenvalue weighted by Crippen LogP contribution is 2.37. The van der Waals surface area contributed by atoms with Crippen molar-refractivity contribution in [2.45, 2.75) is 18.8 Å². The summed E-state index contributed by atoms with van der Waals surface area (Å²) in [6.07, 6.45) is 4.11. The predicted molar refractivity (Wildman–Crippen MR) is 121 cm³/mol. The Kier molecular flexibility index (Phi) is 8.07. The number of aromatic amines is 1. The first-order chi connectivity index (χ1) is 12.6. The first kappa shape index (κ1) is 22.9. The van der Waals surface area contributed by atoms with Gasteiger partial charge in [-0.25, -0.2) is 9.37 Å². The van der Waals surface area contributed by atoms with Crippen molar-refractivity contribution in [3.8, 4) is 22.4 Å². The van der Waals surface area contributed by atoms with Gasteiger partial charge in [-0.05, 0) is 103 Å². The number of hydrogen-bond donors (Lipinski definition) is 1. The van der Waals surface area contributed by atoms with Crippen molar-refractivity contribution in [2.24, 2.45) is 0 Å². The first-order valence-corrected chi connectivity index (χ1v) is 9.69. The van der Waals surface area contributed by atoms with Crippen molar-refractivity contribution >= 4 is 40.7 Å². The molecule has 7 heteroatoms. The Labute approximate surface area is 185 Å². The van der Waals surface area contributed by atoms with Gasteiger partial charge in [0.2, 0.25) is 0 Å². The highest BCUT2D eigenvalue weighted by molar-refractivity contribution is 9.10. The van der Waals surface area contributed by atoms with Crippen LogP contribution in [0.15, 0.2) is 53.3 Å². The maximum Gasteiger partial charge on any atom is 0.123 e. The summed E-state index contributed by atoms with van der Waals surface area (Å²) >= 11 is 3.46. The molecule has 0 radical (unpaired) electrons. The van der Waals surface area contributed by atoms with Crippen molar-refractivity contribution in [3.05, 3.63) is 64.8 Å². The smallest absolute Gasteiger partial charge is 0.123 e. The maximum absolute atomic E-state index is 13.4. The van der Waals surface area contributed by atoms with E-state index in [0.717, 1.165) is 52.9 Å². The minimum atomic E-state index is -0.218. The maximum atomic E-state index is 13.4. The number of hydrogen-bond acceptors (Lipinski definition) is 2. The predicted octanol–water partition coefficient (Wildman–Crippen LogP) is 6.30. The molecule has 1 aliphatic rings. The summed E-state index contributed by atoms with van der Waals surface area (Å²) in [7, 11) is 2.18. The average molecular weight is 487 g/mol. The Bertz CT molecular complexity index is 906. The molecule has 0 atom stereocenters. The van der Waals surface area contributed by atoms with Gasteiger partial charge in [0.15, 0.2) is 0 Å². The molecule has 0 amide bonds. The number of halogens is 4. The standard InChI is InChI=1S/C21H21BrFN3.2ClH/c1-26-10-7-14(8-11-26)19-13-18(16-6-9-24-20(22)12-16)21(25-19)15-2-4-17(23)5-3-15;;/h2-6,9,12-14,25H,7-8,10-11H2,1H3;2*1H. The second-order valence-corrected chi connectivity index (χ2v) is 7.78. The van der Waals surface area contributed by atoms with Gasteiger partial charge < -0.3 is 9.88 Å². The topological polar surface area (TPSA) is 31.9 Å².